The van der Waals surface area contributed by atoms with Crippen molar-refractivity contribution in [1.82, 2.24) is 9.88 Å². The molecule has 0 amide bonds. The standard InChI is InChI=1S/C19H26N2O/c1-14-8-5-6-9-15(14)16-10-7-11-21(16)13-18-20-12-17(22-18)19(2,3)4/h5-6,8-9,12,16H,7,10-11,13H2,1-4H3. The molecule has 1 atom stereocenters. The van der Waals surface area contributed by atoms with Gasteiger partial charge in [0.15, 0.2) is 0 Å². The van der Waals surface area contributed by atoms with Gasteiger partial charge in [-0.3, -0.25) is 4.90 Å². The van der Waals surface area contributed by atoms with Crippen LogP contribution in [-0.2, 0) is 12.0 Å². The highest BCUT2D eigenvalue weighted by Crippen LogP contribution is 2.35. The minimum atomic E-state index is 0.0195. The molecule has 22 heavy (non-hydrogen) atoms. The Hall–Kier alpha value is -1.61. The highest BCUT2D eigenvalue weighted by Gasteiger charge is 2.28. The third-order valence-corrected chi connectivity index (χ3v) is 4.54. The molecule has 118 valence electrons. The van der Waals surface area contributed by atoms with E-state index in [0.717, 1.165) is 24.7 Å². The molecule has 1 aromatic heterocycles. The van der Waals surface area contributed by atoms with Crippen LogP contribution in [0.2, 0.25) is 0 Å². The summed E-state index contributed by atoms with van der Waals surface area (Å²) in [7, 11) is 0. The van der Waals surface area contributed by atoms with Crippen molar-refractivity contribution in [2.45, 2.75) is 58.5 Å². The van der Waals surface area contributed by atoms with Crippen LogP contribution in [0.4, 0.5) is 0 Å². The van der Waals surface area contributed by atoms with Gasteiger partial charge in [0.25, 0.3) is 0 Å². The fraction of sp³-hybridized carbons (Fsp3) is 0.526. The van der Waals surface area contributed by atoms with Crippen LogP contribution < -0.4 is 0 Å². The molecule has 0 saturated carbocycles. The summed E-state index contributed by atoms with van der Waals surface area (Å²) in [5, 5.41) is 0. The Morgan fingerprint density at radius 1 is 1.27 bits per heavy atom. The number of aromatic nitrogens is 1. The number of hydrogen-bond acceptors (Lipinski definition) is 3. The van der Waals surface area contributed by atoms with Crippen LogP contribution in [0.25, 0.3) is 0 Å². The number of aryl methyl sites for hydroxylation is 1. The topological polar surface area (TPSA) is 29.3 Å². The van der Waals surface area contributed by atoms with Crippen molar-refractivity contribution in [3.05, 3.63) is 53.2 Å². The average Bonchev–Trinajstić information content (AvgIpc) is 3.09. The SMILES string of the molecule is Cc1ccccc1C1CCCN1Cc1ncc(C(C)(C)C)o1. The molecule has 0 bridgehead atoms. The molecular weight excluding hydrogens is 272 g/mol. The zero-order valence-electron chi connectivity index (χ0n) is 14.1. The molecule has 1 saturated heterocycles. The lowest BCUT2D eigenvalue weighted by Gasteiger charge is -2.24. The minimum Gasteiger partial charge on any atom is -0.444 e. The van der Waals surface area contributed by atoms with Crippen LogP contribution in [0.3, 0.4) is 0 Å². The van der Waals surface area contributed by atoms with Gasteiger partial charge in [-0.25, -0.2) is 4.98 Å². The van der Waals surface area contributed by atoms with E-state index in [4.69, 9.17) is 4.42 Å². The molecule has 3 heteroatoms. The summed E-state index contributed by atoms with van der Waals surface area (Å²) in [5.41, 5.74) is 2.84. The highest BCUT2D eigenvalue weighted by atomic mass is 16.4. The number of benzene rings is 1. The molecular formula is C19H26N2O. The summed E-state index contributed by atoms with van der Waals surface area (Å²) in [6.45, 7) is 10.6. The Morgan fingerprint density at radius 3 is 2.73 bits per heavy atom. The first-order valence-electron chi connectivity index (χ1n) is 8.20. The summed E-state index contributed by atoms with van der Waals surface area (Å²) in [4.78, 5) is 6.99. The maximum absolute atomic E-state index is 5.97. The minimum absolute atomic E-state index is 0.0195. The van der Waals surface area contributed by atoms with Crippen molar-refractivity contribution >= 4 is 0 Å². The van der Waals surface area contributed by atoms with E-state index in [2.05, 4.69) is 61.8 Å². The molecule has 0 aliphatic carbocycles. The third-order valence-electron chi connectivity index (χ3n) is 4.54. The van der Waals surface area contributed by atoms with Gasteiger partial charge in [0.2, 0.25) is 5.89 Å². The first-order valence-corrected chi connectivity index (χ1v) is 8.20. The second-order valence-corrected chi connectivity index (χ2v) is 7.35. The van der Waals surface area contributed by atoms with Gasteiger partial charge in [-0.05, 0) is 37.4 Å². The molecule has 0 spiro atoms. The summed E-state index contributed by atoms with van der Waals surface area (Å²) in [6, 6.07) is 9.21. The maximum atomic E-state index is 5.97. The van der Waals surface area contributed by atoms with Crippen LogP contribution in [0, 0.1) is 6.92 Å². The van der Waals surface area contributed by atoms with E-state index >= 15 is 0 Å². The molecule has 3 rings (SSSR count). The van der Waals surface area contributed by atoms with E-state index in [1.54, 1.807) is 0 Å². The molecule has 2 aromatic rings. The predicted octanol–water partition coefficient (Wildman–Crippen LogP) is 4.62. The Morgan fingerprint density at radius 2 is 2.05 bits per heavy atom. The van der Waals surface area contributed by atoms with Gasteiger partial charge in [0, 0.05) is 11.5 Å². The normalized spacial score (nSPS) is 19.7. The van der Waals surface area contributed by atoms with Crippen molar-refractivity contribution in [1.29, 1.82) is 0 Å². The van der Waals surface area contributed by atoms with E-state index in [1.807, 2.05) is 6.20 Å². The second kappa shape index (κ2) is 5.88. The molecule has 1 fully saturated rings. The average molecular weight is 298 g/mol. The first kappa shape index (κ1) is 15.3. The predicted molar refractivity (Wildman–Crippen MR) is 88.8 cm³/mol. The zero-order valence-corrected chi connectivity index (χ0v) is 14.1. The quantitative estimate of drug-likeness (QED) is 0.828. The van der Waals surface area contributed by atoms with Crippen LogP contribution in [0.1, 0.15) is 62.4 Å². The molecule has 1 aromatic carbocycles. The van der Waals surface area contributed by atoms with Gasteiger partial charge >= 0.3 is 0 Å². The monoisotopic (exact) mass is 298 g/mol. The smallest absolute Gasteiger partial charge is 0.208 e. The number of rotatable bonds is 3. The van der Waals surface area contributed by atoms with Crippen LogP contribution >= 0.6 is 0 Å². The molecule has 1 aliphatic heterocycles. The molecule has 0 radical (unpaired) electrons. The third kappa shape index (κ3) is 3.09. The van der Waals surface area contributed by atoms with Crippen molar-refractivity contribution < 1.29 is 4.42 Å². The number of oxazole rings is 1. The maximum Gasteiger partial charge on any atom is 0.208 e. The van der Waals surface area contributed by atoms with Crippen molar-refractivity contribution in [2.75, 3.05) is 6.54 Å². The summed E-state index contributed by atoms with van der Waals surface area (Å²) in [5.74, 6) is 1.81. The Bertz CT molecular complexity index is 639. The fourth-order valence-electron chi connectivity index (χ4n) is 3.23. The van der Waals surface area contributed by atoms with E-state index < -0.39 is 0 Å². The van der Waals surface area contributed by atoms with E-state index in [-0.39, 0.29) is 5.41 Å². The highest BCUT2D eigenvalue weighted by molar-refractivity contribution is 5.29. The summed E-state index contributed by atoms with van der Waals surface area (Å²) in [6.07, 6.45) is 4.34. The van der Waals surface area contributed by atoms with Crippen molar-refractivity contribution in [3.63, 3.8) is 0 Å². The summed E-state index contributed by atoms with van der Waals surface area (Å²) >= 11 is 0. The Labute approximate surface area is 133 Å². The van der Waals surface area contributed by atoms with Crippen molar-refractivity contribution in [2.24, 2.45) is 0 Å². The lowest BCUT2D eigenvalue weighted by atomic mass is 9.94. The molecule has 3 nitrogen and oxygen atoms in total. The number of hydrogen-bond donors (Lipinski definition) is 0. The van der Waals surface area contributed by atoms with Crippen LogP contribution in [0.5, 0.6) is 0 Å². The Kier molecular flexibility index (Phi) is 4.09. The number of nitrogens with zero attached hydrogens (tertiary/aromatic N) is 2. The Balaban J connectivity index is 1.77. The lowest BCUT2D eigenvalue weighted by Crippen LogP contribution is -2.23. The van der Waals surface area contributed by atoms with E-state index in [0.29, 0.717) is 6.04 Å². The van der Waals surface area contributed by atoms with E-state index in [9.17, 15) is 0 Å². The van der Waals surface area contributed by atoms with Gasteiger partial charge in [-0.15, -0.1) is 0 Å². The molecule has 1 aliphatic rings. The second-order valence-electron chi connectivity index (χ2n) is 7.35. The fourth-order valence-corrected chi connectivity index (χ4v) is 3.23. The molecule has 2 heterocycles. The first-order chi connectivity index (χ1) is 10.4. The largest absolute Gasteiger partial charge is 0.444 e. The van der Waals surface area contributed by atoms with Gasteiger partial charge < -0.3 is 4.42 Å². The lowest BCUT2D eigenvalue weighted by molar-refractivity contribution is 0.217. The molecule has 0 N–H and O–H groups in total. The van der Waals surface area contributed by atoms with Gasteiger partial charge in [-0.2, -0.15) is 0 Å². The van der Waals surface area contributed by atoms with E-state index in [1.165, 1.54) is 24.0 Å². The van der Waals surface area contributed by atoms with Gasteiger partial charge in [0.1, 0.15) is 5.76 Å². The molecule has 1 unspecified atom stereocenters. The van der Waals surface area contributed by atoms with Crippen LogP contribution in [0.15, 0.2) is 34.9 Å². The van der Waals surface area contributed by atoms with Gasteiger partial charge in [-0.1, -0.05) is 45.0 Å². The van der Waals surface area contributed by atoms with Crippen LogP contribution in [-0.4, -0.2) is 16.4 Å². The van der Waals surface area contributed by atoms with Crippen molar-refractivity contribution in [3.8, 4) is 0 Å². The zero-order chi connectivity index (χ0) is 15.7. The summed E-state index contributed by atoms with van der Waals surface area (Å²) < 4.78 is 5.97. The van der Waals surface area contributed by atoms with Gasteiger partial charge in [0.05, 0.1) is 12.7 Å². The number of likely N-dealkylation sites (tertiary alicyclic amines) is 1.